The minimum Gasteiger partial charge on any atom is -0.490 e. The van der Waals surface area contributed by atoms with Crippen LogP contribution >= 0.6 is 34.4 Å². The highest BCUT2D eigenvalue weighted by Gasteiger charge is 2.35. The van der Waals surface area contributed by atoms with Crippen molar-refractivity contribution in [3.05, 3.63) is 62.1 Å². The number of hydrogen-bond donors (Lipinski definition) is 0. The summed E-state index contributed by atoms with van der Waals surface area (Å²) in [4.78, 5) is 37.9. The van der Waals surface area contributed by atoms with Gasteiger partial charge in [-0.25, -0.2) is 0 Å². The zero-order valence-corrected chi connectivity index (χ0v) is 18.8. The van der Waals surface area contributed by atoms with Gasteiger partial charge in [0, 0.05) is 10.5 Å². The Morgan fingerprint density at radius 3 is 2.52 bits per heavy atom. The minimum absolute atomic E-state index is 0.231. The maximum absolute atomic E-state index is 12.7. The predicted octanol–water partition coefficient (Wildman–Crippen LogP) is 4.85. The molecule has 1 aliphatic heterocycles. The Labute approximate surface area is 186 Å². The lowest BCUT2D eigenvalue weighted by molar-refractivity contribution is -0.132. The van der Waals surface area contributed by atoms with Crippen LogP contribution in [0.4, 0.5) is 4.79 Å². The molecule has 6 nitrogen and oxygen atoms in total. The highest BCUT2D eigenvalue weighted by Crippen LogP contribution is 2.35. The van der Waals surface area contributed by atoms with E-state index in [0.29, 0.717) is 28.6 Å². The number of benzene rings is 2. The molecule has 8 heteroatoms. The Balaban J connectivity index is 1.82. The molecule has 150 valence electrons. The Bertz CT molecular complexity index is 987. The molecule has 0 radical (unpaired) electrons. The van der Waals surface area contributed by atoms with Crippen LogP contribution in [0.2, 0.25) is 0 Å². The summed E-state index contributed by atoms with van der Waals surface area (Å²) in [5.41, 5.74) is 1.56. The van der Waals surface area contributed by atoms with Crippen molar-refractivity contribution in [3.63, 3.8) is 0 Å². The number of esters is 1. The molecule has 0 atom stereocenters. The Morgan fingerprint density at radius 1 is 1.14 bits per heavy atom. The van der Waals surface area contributed by atoms with E-state index in [1.807, 2.05) is 31.2 Å². The summed E-state index contributed by atoms with van der Waals surface area (Å²) in [5, 5.41) is -0.304. The highest BCUT2D eigenvalue weighted by atomic mass is 127. The molecule has 1 fully saturated rings. The largest absolute Gasteiger partial charge is 0.490 e. The summed E-state index contributed by atoms with van der Waals surface area (Å²) in [6.07, 6.45) is 1.64. The van der Waals surface area contributed by atoms with Crippen LogP contribution in [0.1, 0.15) is 25.0 Å². The fourth-order valence-electron chi connectivity index (χ4n) is 2.68. The van der Waals surface area contributed by atoms with Gasteiger partial charge in [-0.1, -0.05) is 18.2 Å². The molecule has 29 heavy (non-hydrogen) atoms. The molecule has 0 unspecified atom stereocenters. The third kappa shape index (κ3) is 5.39. The van der Waals surface area contributed by atoms with E-state index in [9.17, 15) is 14.4 Å². The molecule has 2 amide bonds. The third-order valence-corrected chi connectivity index (χ3v) is 5.57. The van der Waals surface area contributed by atoms with Crippen LogP contribution in [-0.4, -0.2) is 28.6 Å². The summed E-state index contributed by atoms with van der Waals surface area (Å²) >= 11 is 3.11. The number of nitrogens with zero attached hydrogens (tertiary/aromatic N) is 1. The molecule has 1 aliphatic rings. The number of carbonyl (C=O) groups excluding carboxylic acids is 3. The minimum atomic E-state index is -0.449. The van der Waals surface area contributed by atoms with E-state index >= 15 is 0 Å². The lowest BCUT2D eigenvalue weighted by Gasteiger charge is -2.12. The van der Waals surface area contributed by atoms with Crippen molar-refractivity contribution in [3.8, 4) is 11.5 Å². The first-order chi connectivity index (χ1) is 13.9. The van der Waals surface area contributed by atoms with Gasteiger partial charge < -0.3 is 9.47 Å². The molecule has 0 aromatic heterocycles. The van der Waals surface area contributed by atoms with Gasteiger partial charge in [0.05, 0.1) is 18.1 Å². The fourth-order valence-corrected chi connectivity index (χ4v) is 3.88. The van der Waals surface area contributed by atoms with Crippen molar-refractivity contribution in [1.82, 2.24) is 4.90 Å². The van der Waals surface area contributed by atoms with Gasteiger partial charge in [-0.2, -0.15) is 0 Å². The van der Waals surface area contributed by atoms with Crippen molar-refractivity contribution >= 4 is 57.5 Å². The van der Waals surface area contributed by atoms with Gasteiger partial charge in [-0.05, 0) is 82.7 Å². The molecular weight excluding hydrogens is 505 g/mol. The summed E-state index contributed by atoms with van der Waals surface area (Å²) in [6.45, 7) is 3.76. The number of rotatable bonds is 6. The van der Waals surface area contributed by atoms with Crippen LogP contribution in [0.15, 0.2) is 47.4 Å². The SMILES string of the molecule is CCOc1cc(/C=C2\SC(=O)N(Cc3ccc(I)cc3)C2=O)ccc1OC(C)=O. The lowest BCUT2D eigenvalue weighted by atomic mass is 10.1. The first-order valence-electron chi connectivity index (χ1n) is 8.82. The van der Waals surface area contributed by atoms with E-state index in [2.05, 4.69) is 22.6 Å². The molecule has 0 spiro atoms. The first kappa shape index (κ1) is 21.4. The summed E-state index contributed by atoms with van der Waals surface area (Å²) in [6, 6.07) is 12.7. The number of amides is 2. The molecule has 0 bridgehead atoms. The highest BCUT2D eigenvalue weighted by molar-refractivity contribution is 14.1. The standard InChI is InChI=1S/C21H18INO5S/c1-3-27-18-10-15(6-9-17(18)28-13(2)24)11-19-20(25)23(21(26)29-19)12-14-4-7-16(22)8-5-14/h4-11H,3,12H2,1-2H3/b19-11-. The quantitative estimate of drug-likeness (QED) is 0.233. The number of ether oxygens (including phenoxy) is 2. The normalized spacial score (nSPS) is 15.1. The van der Waals surface area contributed by atoms with Crippen molar-refractivity contribution < 1.29 is 23.9 Å². The second-order valence-corrected chi connectivity index (χ2v) is 8.37. The molecule has 1 saturated heterocycles. The van der Waals surface area contributed by atoms with Gasteiger partial charge in [0.1, 0.15) is 0 Å². The first-order valence-corrected chi connectivity index (χ1v) is 10.7. The number of thioether (sulfide) groups is 1. The summed E-state index contributed by atoms with van der Waals surface area (Å²) in [7, 11) is 0. The van der Waals surface area contributed by atoms with Crippen LogP contribution in [0, 0.1) is 3.57 Å². The molecule has 0 N–H and O–H groups in total. The van der Waals surface area contributed by atoms with Crippen molar-refractivity contribution in [2.24, 2.45) is 0 Å². The zero-order chi connectivity index (χ0) is 21.0. The maximum atomic E-state index is 12.7. The average Bonchev–Trinajstić information content (AvgIpc) is 2.93. The van der Waals surface area contributed by atoms with Crippen molar-refractivity contribution in [1.29, 1.82) is 0 Å². The maximum Gasteiger partial charge on any atom is 0.308 e. The molecule has 3 rings (SSSR count). The smallest absolute Gasteiger partial charge is 0.308 e. The molecular formula is C21H18INO5S. The van der Waals surface area contributed by atoms with Gasteiger partial charge in [-0.15, -0.1) is 0 Å². The number of hydrogen-bond acceptors (Lipinski definition) is 6. The van der Waals surface area contributed by atoms with E-state index in [0.717, 1.165) is 20.9 Å². The summed E-state index contributed by atoms with van der Waals surface area (Å²) < 4.78 is 11.7. The Morgan fingerprint density at radius 2 is 1.86 bits per heavy atom. The Kier molecular flexibility index (Phi) is 6.96. The van der Waals surface area contributed by atoms with Crippen molar-refractivity contribution in [2.45, 2.75) is 20.4 Å². The topological polar surface area (TPSA) is 72.9 Å². The molecule has 1 heterocycles. The van der Waals surface area contributed by atoms with E-state index < -0.39 is 5.97 Å². The number of carbonyl (C=O) groups is 3. The molecule has 2 aromatic rings. The van der Waals surface area contributed by atoms with Gasteiger partial charge in [0.25, 0.3) is 11.1 Å². The van der Waals surface area contributed by atoms with Crippen LogP contribution in [-0.2, 0) is 16.1 Å². The van der Waals surface area contributed by atoms with E-state index in [4.69, 9.17) is 9.47 Å². The second-order valence-electron chi connectivity index (χ2n) is 6.13. The van der Waals surface area contributed by atoms with Crippen LogP contribution in [0.5, 0.6) is 11.5 Å². The lowest BCUT2D eigenvalue weighted by Crippen LogP contribution is -2.27. The van der Waals surface area contributed by atoms with Gasteiger partial charge in [-0.3, -0.25) is 19.3 Å². The summed E-state index contributed by atoms with van der Waals surface area (Å²) in [5.74, 6) is -0.0751. The fraction of sp³-hybridized carbons (Fsp3) is 0.190. The number of halogens is 1. The van der Waals surface area contributed by atoms with E-state index in [1.54, 1.807) is 24.3 Å². The van der Waals surface area contributed by atoms with Gasteiger partial charge in [0.15, 0.2) is 11.5 Å². The zero-order valence-electron chi connectivity index (χ0n) is 15.8. The average molecular weight is 523 g/mol. The molecule has 2 aromatic carbocycles. The van der Waals surface area contributed by atoms with E-state index in [1.165, 1.54) is 11.8 Å². The van der Waals surface area contributed by atoms with Gasteiger partial charge >= 0.3 is 5.97 Å². The molecule has 0 aliphatic carbocycles. The van der Waals surface area contributed by atoms with E-state index in [-0.39, 0.29) is 17.7 Å². The van der Waals surface area contributed by atoms with Gasteiger partial charge in [0.2, 0.25) is 0 Å². The predicted molar refractivity (Wildman–Crippen MR) is 120 cm³/mol. The number of imide groups is 1. The Hall–Kier alpha value is -2.33. The molecule has 0 saturated carbocycles. The van der Waals surface area contributed by atoms with Crippen LogP contribution in [0.25, 0.3) is 6.08 Å². The van der Waals surface area contributed by atoms with Crippen molar-refractivity contribution in [2.75, 3.05) is 6.61 Å². The second kappa shape index (κ2) is 9.45. The monoisotopic (exact) mass is 523 g/mol. The van der Waals surface area contributed by atoms with Crippen LogP contribution < -0.4 is 9.47 Å². The van der Waals surface area contributed by atoms with Crippen LogP contribution in [0.3, 0.4) is 0 Å². The third-order valence-electron chi connectivity index (χ3n) is 3.95.